The minimum absolute atomic E-state index is 0.265. The summed E-state index contributed by atoms with van der Waals surface area (Å²) in [6, 6.07) is 11.1. The highest BCUT2D eigenvalue weighted by Crippen LogP contribution is 2.29. The maximum Gasteiger partial charge on any atom is 0.229 e. The second-order valence-corrected chi connectivity index (χ2v) is 12.0. The summed E-state index contributed by atoms with van der Waals surface area (Å²) in [6.45, 7) is 3.75. The Morgan fingerprint density at radius 2 is 1.29 bits per heavy atom. The highest BCUT2D eigenvalue weighted by molar-refractivity contribution is 8.13. The summed E-state index contributed by atoms with van der Waals surface area (Å²) >= 11 is 0. The number of sulfonamides is 1. The summed E-state index contributed by atoms with van der Waals surface area (Å²) in [5.74, 6) is 1.04. The number of aryl methyl sites for hydroxylation is 2. The molecule has 0 saturated heterocycles. The van der Waals surface area contributed by atoms with Gasteiger partial charge >= 0.3 is 0 Å². The van der Waals surface area contributed by atoms with E-state index < -0.39 is 19.1 Å². The predicted octanol–water partition coefficient (Wildman–Crippen LogP) is 3.28. The molecule has 35 heavy (non-hydrogen) atoms. The van der Waals surface area contributed by atoms with E-state index >= 15 is 0 Å². The number of nitrogen functional groups attached to an aromatic ring is 1. The van der Waals surface area contributed by atoms with Crippen LogP contribution in [0.4, 0.5) is 11.4 Å². The molecular formula is C22H29ClN4O6S2. The zero-order valence-electron chi connectivity index (χ0n) is 20.3. The molecule has 192 valence electrons. The average molecular weight is 545 g/mol. The van der Waals surface area contributed by atoms with E-state index in [4.69, 9.17) is 25.7 Å². The lowest BCUT2D eigenvalue weighted by molar-refractivity contribution is 0.416. The van der Waals surface area contributed by atoms with Gasteiger partial charge in [-0.1, -0.05) is 0 Å². The first-order valence-corrected chi connectivity index (χ1v) is 14.4. The largest absolute Gasteiger partial charge is 0.495 e. The fourth-order valence-electron chi connectivity index (χ4n) is 2.66. The molecule has 0 bridgehead atoms. The molecule has 10 nitrogen and oxygen atoms in total. The van der Waals surface area contributed by atoms with Crippen LogP contribution in [-0.4, -0.2) is 43.6 Å². The van der Waals surface area contributed by atoms with Crippen LogP contribution in [0.5, 0.6) is 11.5 Å². The van der Waals surface area contributed by atoms with Gasteiger partial charge in [0, 0.05) is 10.7 Å². The first-order chi connectivity index (χ1) is 16.1. The molecule has 2 aromatic rings. The molecule has 3 N–H and O–H groups in total. The third-order valence-corrected chi connectivity index (χ3v) is 4.77. The van der Waals surface area contributed by atoms with Gasteiger partial charge in [-0.2, -0.15) is 10.5 Å². The van der Waals surface area contributed by atoms with E-state index in [2.05, 4.69) is 21.5 Å². The molecule has 0 aliphatic heterocycles. The number of anilines is 2. The van der Waals surface area contributed by atoms with E-state index in [9.17, 15) is 16.8 Å². The summed E-state index contributed by atoms with van der Waals surface area (Å²) in [5.41, 5.74) is 10.3. The predicted molar refractivity (Wildman–Crippen MR) is 138 cm³/mol. The quantitative estimate of drug-likeness (QED) is 0.408. The molecule has 0 aliphatic carbocycles. The molecule has 0 unspecified atom stereocenters. The third-order valence-electron chi connectivity index (χ3n) is 4.18. The SMILES string of the molecule is COc1cc(CC#N)c(C)cc1N.COc1cc(CC#N)c(C)cc1NS(C)(=O)=O.CS(=O)(=O)Cl. The third kappa shape index (κ3) is 13.3. The molecule has 2 aromatic carbocycles. The minimum Gasteiger partial charge on any atom is -0.495 e. The van der Waals surface area contributed by atoms with Gasteiger partial charge in [0.15, 0.2) is 0 Å². The number of nitrogens with two attached hydrogens (primary N) is 1. The molecule has 2 rings (SSSR count). The first kappa shape index (κ1) is 31.8. The summed E-state index contributed by atoms with van der Waals surface area (Å²) in [6.07, 6.45) is 2.66. The number of benzene rings is 2. The van der Waals surface area contributed by atoms with E-state index in [1.54, 1.807) is 19.2 Å². The van der Waals surface area contributed by atoms with Crippen LogP contribution in [0.2, 0.25) is 0 Å². The number of rotatable bonds is 6. The van der Waals surface area contributed by atoms with Gasteiger partial charge < -0.3 is 15.2 Å². The van der Waals surface area contributed by atoms with Crippen LogP contribution in [0.25, 0.3) is 0 Å². The summed E-state index contributed by atoms with van der Waals surface area (Å²) in [4.78, 5) is 0. The highest BCUT2D eigenvalue weighted by atomic mass is 35.7. The van der Waals surface area contributed by atoms with Gasteiger partial charge in [-0.3, -0.25) is 4.72 Å². The van der Waals surface area contributed by atoms with E-state index in [-0.39, 0.29) is 6.42 Å². The molecule has 0 radical (unpaired) electrons. The number of nitrogens with zero attached hydrogens (tertiary/aromatic N) is 2. The van der Waals surface area contributed by atoms with Crippen LogP contribution in [-0.2, 0) is 31.9 Å². The first-order valence-electron chi connectivity index (χ1n) is 9.78. The molecule has 0 spiro atoms. The summed E-state index contributed by atoms with van der Waals surface area (Å²) in [5, 5.41) is 17.2. The Hall–Kier alpha value is -3.19. The van der Waals surface area contributed by atoms with Crippen molar-refractivity contribution in [2.75, 3.05) is 37.2 Å². The van der Waals surface area contributed by atoms with Gasteiger partial charge in [-0.15, -0.1) is 0 Å². The zero-order chi connectivity index (χ0) is 27.4. The molecule has 0 heterocycles. The van der Waals surface area contributed by atoms with Gasteiger partial charge in [0.2, 0.25) is 19.1 Å². The van der Waals surface area contributed by atoms with Gasteiger partial charge in [0.1, 0.15) is 11.5 Å². The smallest absolute Gasteiger partial charge is 0.229 e. The maximum absolute atomic E-state index is 11.2. The van der Waals surface area contributed by atoms with Crippen molar-refractivity contribution < 1.29 is 26.3 Å². The van der Waals surface area contributed by atoms with E-state index in [0.29, 0.717) is 29.3 Å². The van der Waals surface area contributed by atoms with Crippen molar-refractivity contribution in [2.45, 2.75) is 26.7 Å². The van der Waals surface area contributed by atoms with Crippen molar-refractivity contribution in [3.8, 4) is 23.6 Å². The summed E-state index contributed by atoms with van der Waals surface area (Å²) in [7, 11) is 0.981. The minimum atomic E-state index is -3.35. The molecule has 0 aliphatic rings. The number of nitrogens with one attached hydrogen (secondary N) is 1. The van der Waals surface area contributed by atoms with Crippen LogP contribution in [0.3, 0.4) is 0 Å². The van der Waals surface area contributed by atoms with Crippen molar-refractivity contribution in [3.05, 3.63) is 46.5 Å². The highest BCUT2D eigenvalue weighted by Gasteiger charge is 2.11. The Labute approximate surface area is 211 Å². The number of nitriles is 2. The van der Waals surface area contributed by atoms with Crippen LogP contribution in [0, 0.1) is 36.5 Å². The van der Waals surface area contributed by atoms with Crippen molar-refractivity contribution in [1.82, 2.24) is 0 Å². The van der Waals surface area contributed by atoms with Crippen LogP contribution in [0.1, 0.15) is 22.3 Å². The Bertz CT molecular complexity index is 1310. The van der Waals surface area contributed by atoms with Crippen LogP contribution >= 0.6 is 10.7 Å². The standard InChI is InChI=1S/C11H14N2O3S.C10H12N2O.CH3ClO2S/c1-8-6-10(13-17(3,14)15)11(16-2)7-9(8)4-5-12;1-7-5-9(12)10(13-2)6-8(7)3-4-11;1-5(2,3)4/h6-7,13H,4H2,1-3H3;5-6H,3,12H2,1-2H3;1H3. The van der Waals surface area contributed by atoms with Crippen LogP contribution in [0.15, 0.2) is 24.3 Å². The second-order valence-electron chi connectivity index (χ2n) is 7.23. The molecule has 0 aromatic heterocycles. The molecule has 0 saturated carbocycles. The van der Waals surface area contributed by atoms with Gasteiger partial charge in [0.05, 0.1) is 63.1 Å². The Morgan fingerprint density at radius 1 is 0.886 bits per heavy atom. The van der Waals surface area contributed by atoms with Gasteiger partial charge in [-0.05, 0) is 60.4 Å². The monoisotopic (exact) mass is 544 g/mol. The van der Waals surface area contributed by atoms with Crippen molar-refractivity contribution in [3.63, 3.8) is 0 Å². The number of ether oxygens (including phenoxy) is 2. The molecule has 0 atom stereocenters. The Balaban J connectivity index is 0.000000567. The number of hydrogen-bond donors (Lipinski definition) is 2. The topological polar surface area (TPSA) is 172 Å². The average Bonchev–Trinajstić information content (AvgIpc) is 2.70. The zero-order valence-corrected chi connectivity index (χ0v) is 22.7. The normalized spacial score (nSPS) is 10.3. The van der Waals surface area contributed by atoms with Crippen molar-refractivity contribution in [2.24, 2.45) is 0 Å². The lowest BCUT2D eigenvalue weighted by Crippen LogP contribution is -2.11. The Kier molecular flexibility index (Phi) is 13.0. The fourth-order valence-corrected chi connectivity index (χ4v) is 3.22. The van der Waals surface area contributed by atoms with E-state index in [1.165, 1.54) is 7.11 Å². The second kappa shape index (κ2) is 14.3. The number of methoxy groups -OCH3 is 2. The van der Waals surface area contributed by atoms with Crippen LogP contribution < -0.4 is 19.9 Å². The lowest BCUT2D eigenvalue weighted by Gasteiger charge is -2.13. The van der Waals surface area contributed by atoms with Gasteiger partial charge in [-0.25, -0.2) is 16.8 Å². The van der Waals surface area contributed by atoms with Crippen molar-refractivity contribution in [1.29, 1.82) is 10.5 Å². The molecule has 0 fully saturated rings. The fraction of sp³-hybridized carbons (Fsp3) is 0.364. The van der Waals surface area contributed by atoms with E-state index in [0.717, 1.165) is 34.8 Å². The Morgan fingerprint density at radius 3 is 1.66 bits per heavy atom. The van der Waals surface area contributed by atoms with Gasteiger partial charge in [0.25, 0.3) is 0 Å². The summed E-state index contributed by atoms with van der Waals surface area (Å²) < 4.78 is 53.7. The number of halogens is 1. The number of hydrogen-bond acceptors (Lipinski definition) is 9. The maximum atomic E-state index is 11.2. The molecule has 13 heteroatoms. The lowest BCUT2D eigenvalue weighted by atomic mass is 10.0. The molecule has 0 amide bonds. The van der Waals surface area contributed by atoms with E-state index in [1.807, 2.05) is 32.0 Å². The molecular weight excluding hydrogens is 516 g/mol. The van der Waals surface area contributed by atoms with Crippen molar-refractivity contribution >= 4 is 41.1 Å².